The van der Waals surface area contributed by atoms with E-state index in [4.69, 9.17) is 9.47 Å². The summed E-state index contributed by atoms with van der Waals surface area (Å²) in [6.45, 7) is 3.77. The van der Waals surface area contributed by atoms with Crippen molar-refractivity contribution in [1.29, 1.82) is 0 Å². The van der Waals surface area contributed by atoms with Crippen molar-refractivity contribution >= 4 is 23.2 Å². The monoisotopic (exact) mass is 512 g/mol. The molecule has 1 aromatic heterocycles. The van der Waals surface area contributed by atoms with Gasteiger partial charge in [-0.3, -0.25) is 14.6 Å². The number of hydrogen-bond acceptors (Lipinski definition) is 6. The maximum absolute atomic E-state index is 13.4. The molecular formula is C30H32N4O4. The largest absolute Gasteiger partial charge is 0.457 e. The molecule has 3 aromatic rings. The van der Waals surface area contributed by atoms with Crippen molar-refractivity contribution in [3.8, 4) is 11.5 Å². The van der Waals surface area contributed by atoms with Gasteiger partial charge in [-0.05, 0) is 61.6 Å². The second-order valence-corrected chi connectivity index (χ2v) is 10.5. The molecule has 1 N–H and O–H groups in total. The molecular weight excluding hydrogens is 480 g/mol. The fraction of sp³-hybridized carbons (Fsp3) is 0.367. The molecule has 6 rings (SSSR count). The van der Waals surface area contributed by atoms with E-state index >= 15 is 0 Å². The predicted octanol–water partition coefficient (Wildman–Crippen LogP) is 4.20. The summed E-state index contributed by atoms with van der Waals surface area (Å²) in [6.07, 6.45) is 4.98. The van der Waals surface area contributed by atoms with E-state index in [1.165, 1.54) is 6.20 Å². The van der Waals surface area contributed by atoms with Gasteiger partial charge in [0.1, 0.15) is 23.2 Å². The Balaban J connectivity index is 1.13. The fourth-order valence-corrected chi connectivity index (χ4v) is 5.70. The van der Waals surface area contributed by atoms with E-state index in [0.717, 1.165) is 56.1 Å². The number of rotatable bonds is 5. The number of amides is 2. The van der Waals surface area contributed by atoms with E-state index in [1.807, 2.05) is 30.3 Å². The number of likely N-dealkylation sites (N-methyl/N-ethyl adjacent to an activating group) is 1. The van der Waals surface area contributed by atoms with Crippen LogP contribution in [0.4, 0.5) is 11.4 Å². The Morgan fingerprint density at radius 2 is 1.84 bits per heavy atom. The third-order valence-corrected chi connectivity index (χ3v) is 7.98. The normalized spacial score (nSPS) is 20.3. The van der Waals surface area contributed by atoms with Gasteiger partial charge in [-0.1, -0.05) is 24.3 Å². The van der Waals surface area contributed by atoms with E-state index in [0.29, 0.717) is 29.8 Å². The zero-order valence-corrected chi connectivity index (χ0v) is 21.6. The quantitative estimate of drug-likeness (QED) is 0.552. The van der Waals surface area contributed by atoms with Gasteiger partial charge >= 0.3 is 0 Å². The van der Waals surface area contributed by atoms with Gasteiger partial charge in [-0.15, -0.1) is 0 Å². The second-order valence-electron chi connectivity index (χ2n) is 10.5. The number of aromatic nitrogens is 1. The zero-order chi connectivity index (χ0) is 26.1. The topological polar surface area (TPSA) is 84.0 Å². The number of carbonyl (C=O) groups excluding carboxylic acids is 2. The van der Waals surface area contributed by atoms with Crippen LogP contribution >= 0.6 is 0 Å². The molecule has 2 aromatic carbocycles. The van der Waals surface area contributed by atoms with Gasteiger partial charge in [-0.2, -0.15) is 0 Å². The highest BCUT2D eigenvalue weighted by Crippen LogP contribution is 2.43. The van der Waals surface area contributed by atoms with Crippen LogP contribution in [0.1, 0.15) is 35.3 Å². The van der Waals surface area contributed by atoms with Crippen molar-refractivity contribution < 1.29 is 19.1 Å². The maximum Gasteiger partial charge on any atom is 0.270 e. The van der Waals surface area contributed by atoms with Crippen molar-refractivity contribution in [3.05, 3.63) is 78.1 Å². The zero-order valence-electron chi connectivity index (χ0n) is 21.6. The Hall–Kier alpha value is -3.91. The Bertz CT molecular complexity index is 1330. The van der Waals surface area contributed by atoms with Crippen LogP contribution in [0.3, 0.4) is 0 Å². The summed E-state index contributed by atoms with van der Waals surface area (Å²) in [5, 5.41) is 2.91. The van der Waals surface area contributed by atoms with Crippen LogP contribution in [0.5, 0.6) is 11.5 Å². The lowest BCUT2D eigenvalue weighted by Gasteiger charge is -2.53. The molecule has 38 heavy (non-hydrogen) atoms. The third kappa shape index (κ3) is 4.84. The van der Waals surface area contributed by atoms with Crippen molar-refractivity contribution in [3.63, 3.8) is 0 Å². The molecule has 2 amide bonds. The minimum Gasteiger partial charge on any atom is -0.457 e. The molecule has 0 bridgehead atoms. The van der Waals surface area contributed by atoms with Crippen LogP contribution in [-0.2, 0) is 16.0 Å². The van der Waals surface area contributed by atoms with Crippen molar-refractivity contribution in [1.82, 2.24) is 10.3 Å². The summed E-state index contributed by atoms with van der Waals surface area (Å²) in [7, 11) is 1.79. The summed E-state index contributed by atoms with van der Waals surface area (Å²) < 4.78 is 11.4. The van der Waals surface area contributed by atoms with E-state index in [2.05, 4.69) is 33.4 Å². The Labute approximate surface area is 222 Å². The number of benzene rings is 2. The molecule has 1 atom stereocenters. The summed E-state index contributed by atoms with van der Waals surface area (Å²) >= 11 is 0. The molecule has 0 unspecified atom stereocenters. The van der Waals surface area contributed by atoms with Crippen LogP contribution in [-0.4, -0.2) is 56.2 Å². The van der Waals surface area contributed by atoms with Gasteiger partial charge in [-0.25, -0.2) is 0 Å². The number of carbonyl (C=O) groups is 2. The van der Waals surface area contributed by atoms with Gasteiger partial charge in [0.2, 0.25) is 5.91 Å². The first kappa shape index (κ1) is 24.4. The highest BCUT2D eigenvalue weighted by Gasteiger charge is 2.44. The Morgan fingerprint density at radius 1 is 1.05 bits per heavy atom. The van der Waals surface area contributed by atoms with E-state index in [-0.39, 0.29) is 11.6 Å². The number of ether oxygens (including phenoxy) is 2. The number of aryl methyl sites for hydroxylation is 1. The van der Waals surface area contributed by atoms with Gasteiger partial charge in [0.15, 0.2) is 0 Å². The van der Waals surface area contributed by atoms with Crippen LogP contribution in [0.2, 0.25) is 0 Å². The summed E-state index contributed by atoms with van der Waals surface area (Å²) in [6, 6.07) is 18.4. The van der Waals surface area contributed by atoms with Crippen molar-refractivity contribution in [2.75, 3.05) is 43.2 Å². The average Bonchev–Trinajstić information content (AvgIpc) is 3.04. The predicted molar refractivity (Wildman–Crippen MR) is 145 cm³/mol. The Kier molecular flexibility index (Phi) is 6.49. The van der Waals surface area contributed by atoms with Gasteiger partial charge in [0.05, 0.1) is 0 Å². The smallest absolute Gasteiger partial charge is 0.270 e. The highest BCUT2D eigenvalue weighted by atomic mass is 16.5. The van der Waals surface area contributed by atoms with Crippen molar-refractivity contribution in [2.45, 2.75) is 31.7 Å². The number of hydrogen-bond donors (Lipinski definition) is 1. The van der Waals surface area contributed by atoms with Gasteiger partial charge < -0.3 is 24.6 Å². The van der Waals surface area contributed by atoms with Crippen LogP contribution < -0.4 is 19.9 Å². The number of nitrogens with one attached hydrogen (secondary N) is 1. The molecule has 0 radical (unpaired) electrons. The van der Waals surface area contributed by atoms with Gasteiger partial charge in [0.25, 0.3) is 5.91 Å². The van der Waals surface area contributed by atoms with Crippen LogP contribution in [0, 0.1) is 5.41 Å². The number of anilines is 2. The molecule has 0 saturated carbocycles. The molecule has 1 spiro atoms. The number of fused-ring (bicyclic) bond motifs is 1. The minimum absolute atomic E-state index is 0.129. The summed E-state index contributed by atoms with van der Waals surface area (Å²) in [5.74, 6) is 0.651. The molecule has 8 nitrogen and oxygen atoms in total. The first-order valence-electron chi connectivity index (χ1n) is 13.2. The van der Waals surface area contributed by atoms with Crippen LogP contribution in [0.25, 0.3) is 0 Å². The molecule has 3 aliphatic rings. The lowest BCUT2D eigenvalue weighted by Crippen LogP contribution is -2.58. The van der Waals surface area contributed by atoms with Crippen LogP contribution in [0.15, 0.2) is 66.9 Å². The number of para-hydroxylation sites is 1. The lowest BCUT2D eigenvalue weighted by atomic mass is 9.73. The fourth-order valence-electron chi connectivity index (χ4n) is 5.70. The number of nitrogens with zero attached hydrogens (tertiary/aromatic N) is 3. The molecule has 8 heteroatoms. The average molecular weight is 513 g/mol. The summed E-state index contributed by atoms with van der Waals surface area (Å²) in [5.41, 5.74) is 3.74. The standard InChI is InChI=1S/C30H32N4O4/c1-33-27-17-22(34-19-30(20-34)12-15-37-16-13-30)9-7-21(27)8-10-25(29(33)36)32-28(35)26-18-24(11-14-31-26)38-23-5-3-2-4-6-23/h2-7,9,11,14,17-18,25H,8,10,12-13,15-16,19-20H2,1H3,(H,32,35)/t25-/m0/s1. The molecule has 196 valence electrons. The molecule has 2 saturated heterocycles. The Morgan fingerprint density at radius 3 is 2.63 bits per heavy atom. The maximum atomic E-state index is 13.4. The molecule has 3 aliphatic heterocycles. The number of pyridine rings is 1. The molecule has 2 fully saturated rings. The molecule has 4 heterocycles. The van der Waals surface area contributed by atoms with E-state index in [9.17, 15) is 9.59 Å². The SMILES string of the molecule is CN1C(=O)[C@@H](NC(=O)c2cc(Oc3ccccc3)ccn2)CCc2ccc(N3CC4(CCOCC4)C3)cc21. The first-order chi connectivity index (χ1) is 18.5. The lowest BCUT2D eigenvalue weighted by molar-refractivity contribution is -0.120. The highest BCUT2D eigenvalue weighted by molar-refractivity contribution is 6.02. The van der Waals surface area contributed by atoms with Crippen molar-refractivity contribution in [2.24, 2.45) is 5.41 Å². The van der Waals surface area contributed by atoms with E-state index in [1.54, 1.807) is 24.1 Å². The summed E-state index contributed by atoms with van der Waals surface area (Å²) in [4.78, 5) is 34.8. The minimum atomic E-state index is -0.640. The molecule has 0 aliphatic carbocycles. The third-order valence-electron chi connectivity index (χ3n) is 7.98. The van der Waals surface area contributed by atoms with E-state index < -0.39 is 11.9 Å². The van der Waals surface area contributed by atoms with Gasteiger partial charge in [0, 0.05) is 62.4 Å². The second kappa shape index (κ2) is 10.1. The first-order valence-corrected chi connectivity index (χ1v) is 13.2.